The normalized spacial score (nSPS) is 15.2. The molecule has 2 atom stereocenters. The monoisotopic (exact) mass is 498 g/mol. The second-order valence-corrected chi connectivity index (χ2v) is 9.31. The fourth-order valence-electron chi connectivity index (χ4n) is 4.63. The quantitative estimate of drug-likeness (QED) is 0.309. The molecule has 0 N–H and O–H groups in total. The van der Waals surface area contributed by atoms with Gasteiger partial charge >= 0.3 is 12.4 Å². The molecule has 2 unspecified atom stereocenters. The van der Waals surface area contributed by atoms with E-state index >= 15 is 0 Å². The van der Waals surface area contributed by atoms with Crippen molar-refractivity contribution in [3.8, 4) is 6.07 Å². The lowest BCUT2D eigenvalue weighted by atomic mass is 9.66. The first-order valence-corrected chi connectivity index (χ1v) is 11.7. The van der Waals surface area contributed by atoms with Crippen LogP contribution >= 0.6 is 0 Å². The lowest BCUT2D eigenvalue weighted by Gasteiger charge is -2.38. The van der Waals surface area contributed by atoms with Crippen LogP contribution in [-0.4, -0.2) is 17.5 Å². The second kappa shape index (κ2) is 11.5. The van der Waals surface area contributed by atoms with Crippen molar-refractivity contribution in [1.29, 1.82) is 5.26 Å². The van der Waals surface area contributed by atoms with E-state index in [1.807, 2.05) is 50.2 Å². The minimum atomic E-state index is -5.03. The van der Waals surface area contributed by atoms with Crippen LogP contribution in [0.3, 0.4) is 0 Å². The maximum absolute atomic E-state index is 13.9. The molecule has 0 saturated carbocycles. The average molecular weight is 499 g/mol. The number of alkyl halides is 6. The van der Waals surface area contributed by atoms with Crippen molar-refractivity contribution >= 4 is 0 Å². The molecular weight excluding hydrogens is 466 g/mol. The molecule has 0 fully saturated rings. The molecular formula is C27H32F6N2. The lowest BCUT2D eigenvalue weighted by molar-refractivity contribution is -0.145. The lowest BCUT2D eigenvalue weighted by Crippen LogP contribution is -2.39. The summed E-state index contributed by atoms with van der Waals surface area (Å²) in [6.45, 7) is 8.24. The topological polar surface area (TPSA) is 27.0 Å². The van der Waals surface area contributed by atoms with Gasteiger partial charge in [-0.15, -0.1) is 0 Å². The predicted molar refractivity (Wildman–Crippen MR) is 124 cm³/mol. The molecule has 8 heteroatoms. The standard InChI is InChI=1S/C27H32F6N2/c1-5-16-35(17-21-10-7-6-8-11-21)20(4)14-15-25(18-34,19(2)3)24-22(26(28,29)30)12-9-13-23(24)27(31,32)33/h6-13,19-20H,5,14-17H2,1-4H3. The highest BCUT2D eigenvalue weighted by atomic mass is 19.4. The van der Waals surface area contributed by atoms with Gasteiger partial charge in [0.15, 0.2) is 0 Å². The fourth-order valence-corrected chi connectivity index (χ4v) is 4.63. The van der Waals surface area contributed by atoms with Crippen LogP contribution < -0.4 is 0 Å². The van der Waals surface area contributed by atoms with E-state index in [-0.39, 0.29) is 18.9 Å². The van der Waals surface area contributed by atoms with Gasteiger partial charge in [-0.05, 0) is 61.9 Å². The predicted octanol–water partition coefficient (Wildman–Crippen LogP) is 8.22. The summed E-state index contributed by atoms with van der Waals surface area (Å²) in [6, 6.07) is 13.5. The van der Waals surface area contributed by atoms with E-state index in [1.165, 1.54) is 13.8 Å². The zero-order valence-corrected chi connectivity index (χ0v) is 20.5. The molecule has 0 spiro atoms. The number of halogens is 6. The van der Waals surface area contributed by atoms with Crippen molar-refractivity contribution in [3.05, 3.63) is 70.8 Å². The van der Waals surface area contributed by atoms with E-state index in [4.69, 9.17) is 0 Å². The van der Waals surface area contributed by atoms with E-state index in [0.29, 0.717) is 25.2 Å². The molecule has 192 valence electrons. The third kappa shape index (κ3) is 6.78. The van der Waals surface area contributed by atoms with E-state index in [9.17, 15) is 31.6 Å². The Morgan fingerprint density at radius 3 is 1.83 bits per heavy atom. The van der Waals surface area contributed by atoms with Crippen molar-refractivity contribution in [3.63, 3.8) is 0 Å². The largest absolute Gasteiger partial charge is 0.416 e. The highest BCUT2D eigenvalue weighted by Gasteiger charge is 2.49. The van der Waals surface area contributed by atoms with Crippen LogP contribution in [0.25, 0.3) is 0 Å². The van der Waals surface area contributed by atoms with Gasteiger partial charge in [-0.1, -0.05) is 57.2 Å². The summed E-state index contributed by atoms with van der Waals surface area (Å²) < 4.78 is 83.6. The van der Waals surface area contributed by atoms with Gasteiger partial charge in [0.2, 0.25) is 0 Å². The number of benzene rings is 2. The maximum atomic E-state index is 13.9. The molecule has 2 nitrogen and oxygen atoms in total. The Morgan fingerprint density at radius 2 is 1.40 bits per heavy atom. The van der Waals surface area contributed by atoms with Gasteiger partial charge in [-0.3, -0.25) is 4.90 Å². The summed E-state index contributed by atoms with van der Waals surface area (Å²) in [6.07, 6.45) is -9.09. The van der Waals surface area contributed by atoms with Gasteiger partial charge in [0.25, 0.3) is 0 Å². The molecule has 2 aromatic carbocycles. The molecule has 2 aromatic rings. The second-order valence-electron chi connectivity index (χ2n) is 9.31. The highest BCUT2D eigenvalue weighted by Crippen LogP contribution is 2.49. The summed E-state index contributed by atoms with van der Waals surface area (Å²) in [5, 5.41) is 10.2. The number of rotatable bonds is 10. The molecule has 0 aliphatic heterocycles. The minimum absolute atomic E-state index is 0.131. The van der Waals surface area contributed by atoms with Crippen molar-refractivity contribution < 1.29 is 26.3 Å². The zero-order chi connectivity index (χ0) is 26.4. The zero-order valence-electron chi connectivity index (χ0n) is 20.5. The van der Waals surface area contributed by atoms with Crippen LogP contribution in [0.15, 0.2) is 48.5 Å². The van der Waals surface area contributed by atoms with Gasteiger partial charge in [-0.2, -0.15) is 31.6 Å². The van der Waals surface area contributed by atoms with E-state index in [2.05, 4.69) is 4.90 Å². The summed E-state index contributed by atoms with van der Waals surface area (Å²) in [5.74, 6) is -0.780. The van der Waals surface area contributed by atoms with Gasteiger partial charge in [0.05, 0.1) is 22.6 Å². The van der Waals surface area contributed by atoms with Crippen molar-refractivity contribution in [2.45, 2.75) is 77.3 Å². The Hall–Kier alpha value is -2.53. The summed E-state index contributed by atoms with van der Waals surface area (Å²) in [5.41, 5.74) is -4.66. The average Bonchev–Trinajstić information content (AvgIpc) is 2.78. The van der Waals surface area contributed by atoms with Crippen LogP contribution in [-0.2, 0) is 24.3 Å². The summed E-state index contributed by atoms with van der Waals surface area (Å²) >= 11 is 0. The molecule has 0 aliphatic carbocycles. The molecule has 2 rings (SSSR count). The van der Waals surface area contributed by atoms with E-state index in [0.717, 1.165) is 18.1 Å². The van der Waals surface area contributed by atoms with E-state index < -0.39 is 40.4 Å². The smallest absolute Gasteiger partial charge is 0.296 e. The first-order chi connectivity index (χ1) is 16.3. The Labute approximate surface area is 203 Å². The Morgan fingerprint density at radius 1 is 0.857 bits per heavy atom. The molecule has 0 bridgehead atoms. The van der Waals surface area contributed by atoms with Gasteiger partial charge in [-0.25, -0.2) is 0 Å². The maximum Gasteiger partial charge on any atom is 0.416 e. The molecule has 0 aromatic heterocycles. The van der Waals surface area contributed by atoms with Crippen LogP contribution in [0.4, 0.5) is 26.3 Å². The number of hydrogen-bond acceptors (Lipinski definition) is 2. The van der Waals surface area contributed by atoms with Gasteiger partial charge in [0, 0.05) is 12.6 Å². The van der Waals surface area contributed by atoms with E-state index in [1.54, 1.807) is 0 Å². The highest BCUT2D eigenvalue weighted by molar-refractivity contribution is 5.48. The van der Waals surface area contributed by atoms with Crippen molar-refractivity contribution in [1.82, 2.24) is 4.90 Å². The molecule has 0 heterocycles. The Bertz CT molecular complexity index is 959. The fraction of sp³-hybridized carbons (Fsp3) is 0.519. The first kappa shape index (κ1) is 28.7. The summed E-state index contributed by atoms with van der Waals surface area (Å²) in [7, 11) is 0. The van der Waals surface area contributed by atoms with Crippen LogP contribution in [0, 0.1) is 17.2 Å². The molecule has 35 heavy (non-hydrogen) atoms. The number of nitriles is 1. The summed E-state index contributed by atoms with van der Waals surface area (Å²) in [4.78, 5) is 2.15. The van der Waals surface area contributed by atoms with Crippen LogP contribution in [0.1, 0.15) is 69.2 Å². The Balaban J connectivity index is 2.52. The number of hydrogen-bond donors (Lipinski definition) is 0. The number of nitrogens with zero attached hydrogens (tertiary/aromatic N) is 2. The molecule has 0 amide bonds. The van der Waals surface area contributed by atoms with Crippen LogP contribution in [0.5, 0.6) is 0 Å². The van der Waals surface area contributed by atoms with Crippen molar-refractivity contribution in [2.75, 3.05) is 6.54 Å². The Kier molecular flexibility index (Phi) is 9.41. The third-order valence-corrected chi connectivity index (χ3v) is 6.63. The SMILES string of the molecule is CCCN(Cc1ccccc1)C(C)CCC(C#N)(c1c(C(F)(F)F)cccc1C(F)(F)F)C(C)C. The van der Waals surface area contributed by atoms with Crippen molar-refractivity contribution in [2.24, 2.45) is 5.92 Å². The first-order valence-electron chi connectivity index (χ1n) is 11.7. The molecule has 0 aliphatic rings. The van der Waals surface area contributed by atoms with Gasteiger partial charge < -0.3 is 0 Å². The molecule has 0 saturated heterocycles. The molecule has 0 radical (unpaired) electrons. The van der Waals surface area contributed by atoms with Gasteiger partial charge in [0.1, 0.15) is 0 Å². The van der Waals surface area contributed by atoms with Crippen LogP contribution in [0.2, 0.25) is 0 Å². The third-order valence-electron chi connectivity index (χ3n) is 6.63. The minimum Gasteiger partial charge on any atom is -0.296 e.